The molecule has 82 valence electrons. The molecule has 2 atom stereocenters. The molecule has 0 radical (unpaired) electrons. The summed E-state index contributed by atoms with van der Waals surface area (Å²) < 4.78 is 0. The average molecular weight is 212 g/mol. The Labute approximate surface area is 86.0 Å². The smallest absolute Gasteiger partial charge is 0.306 e. The first kappa shape index (κ1) is 11.4. The molecule has 0 aliphatic carbocycles. The lowest BCUT2D eigenvalue weighted by Crippen LogP contribution is -2.22. The molecule has 2 unspecified atom stereocenters. The molecule has 6 heteroatoms. The van der Waals surface area contributed by atoms with E-state index in [1.165, 1.54) is 18.5 Å². The zero-order valence-corrected chi connectivity index (χ0v) is 7.87. The Hall–Kier alpha value is -1.66. The minimum atomic E-state index is -1.39. The summed E-state index contributed by atoms with van der Waals surface area (Å²) in [7, 11) is 0. The number of carbonyl (C=O) groups is 1. The number of aromatic nitrogens is 1. The Balaban J connectivity index is 2.80. The van der Waals surface area contributed by atoms with Crippen LogP contribution in [0.15, 0.2) is 18.5 Å². The number of carboxylic acid groups (broad SMARTS) is 1. The highest BCUT2D eigenvalue weighted by Crippen LogP contribution is 2.23. The number of hydrogen-bond donors (Lipinski definition) is 4. The third kappa shape index (κ3) is 2.90. The largest absolute Gasteiger partial charge is 0.481 e. The van der Waals surface area contributed by atoms with Gasteiger partial charge in [-0.1, -0.05) is 0 Å². The van der Waals surface area contributed by atoms with Crippen molar-refractivity contribution in [3.05, 3.63) is 24.0 Å². The van der Waals surface area contributed by atoms with Crippen molar-refractivity contribution in [3.8, 4) is 0 Å². The number of hydrogen-bond acceptors (Lipinski definition) is 5. The maximum Gasteiger partial charge on any atom is 0.306 e. The highest BCUT2D eigenvalue weighted by Gasteiger charge is 2.22. The van der Waals surface area contributed by atoms with Crippen LogP contribution in [0.3, 0.4) is 0 Å². The number of rotatable bonds is 4. The number of nitrogens with two attached hydrogens (primary N) is 1. The van der Waals surface area contributed by atoms with Gasteiger partial charge in [-0.2, -0.15) is 0 Å². The number of nitrogen functional groups attached to an aromatic ring is 1. The fraction of sp³-hybridized carbons (Fsp3) is 0.333. The molecule has 0 fully saturated rings. The molecular weight excluding hydrogens is 200 g/mol. The van der Waals surface area contributed by atoms with Gasteiger partial charge in [0.15, 0.2) is 0 Å². The van der Waals surface area contributed by atoms with E-state index in [-0.39, 0.29) is 11.3 Å². The summed E-state index contributed by atoms with van der Waals surface area (Å²) in [5, 5.41) is 27.4. The Morgan fingerprint density at radius 3 is 2.73 bits per heavy atom. The maximum absolute atomic E-state index is 10.3. The van der Waals surface area contributed by atoms with E-state index in [1.54, 1.807) is 0 Å². The van der Waals surface area contributed by atoms with E-state index in [0.717, 1.165) is 0 Å². The number of nitrogens with zero attached hydrogens (tertiary/aromatic N) is 1. The molecule has 1 aromatic rings. The minimum Gasteiger partial charge on any atom is -0.481 e. The van der Waals surface area contributed by atoms with Crippen LogP contribution in [0.5, 0.6) is 0 Å². The van der Waals surface area contributed by atoms with Gasteiger partial charge in [-0.05, 0) is 6.07 Å². The molecule has 0 bridgehead atoms. The monoisotopic (exact) mass is 212 g/mol. The second kappa shape index (κ2) is 4.72. The van der Waals surface area contributed by atoms with Crippen molar-refractivity contribution in [1.29, 1.82) is 0 Å². The molecule has 1 aromatic heterocycles. The van der Waals surface area contributed by atoms with Gasteiger partial charge in [-0.25, -0.2) is 0 Å². The van der Waals surface area contributed by atoms with Crippen molar-refractivity contribution in [3.63, 3.8) is 0 Å². The van der Waals surface area contributed by atoms with E-state index < -0.39 is 24.6 Å². The summed E-state index contributed by atoms with van der Waals surface area (Å²) in [5.41, 5.74) is 6.03. The first-order valence-corrected chi connectivity index (χ1v) is 4.29. The van der Waals surface area contributed by atoms with Gasteiger partial charge in [-0.3, -0.25) is 9.78 Å². The van der Waals surface area contributed by atoms with Gasteiger partial charge in [0.05, 0.1) is 12.5 Å². The van der Waals surface area contributed by atoms with Crippen molar-refractivity contribution in [1.82, 2.24) is 4.98 Å². The summed E-state index contributed by atoms with van der Waals surface area (Å²) in [6.07, 6.45) is -0.542. The molecule has 1 heterocycles. The topological polar surface area (TPSA) is 117 Å². The molecule has 0 aromatic carbocycles. The zero-order chi connectivity index (χ0) is 11.4. The molecule has 5 N–H and O–H groups in total. The summed E-state index contributed by atoms with van der Waals surface area (Å²) in [6.45, 7) is 0. The van der Waals surface area contributed by atoms with E-state index in [0.29, 0.717) is 0 Å². The molecule has 6 nitrogen and oxygen atoms in total. The summed E-state index contributed by atoms with van der Waals surface area (Å²) in [5.74, 6) is -1.19. The summed E-state index contributed by atoms with van der Waals surface area (Å²) >= 11 is 0. The van der Waals surface area contributed by atoms with Crippen molar-refractivity contribution >= 4 is 11.7 Å². The van der Waals surface area contributed by atoms with Crippen molar-refractivity contribution in [2.45, 2.75) is 18.6 Å². The van der Waals surface area contributed by atoms with Gasteiger partial charge in [0.2, 0.25) is 0 Å². The van der Waals surface area contributed by atoms with Crippen LogP contribution in [-0.4, -0.2) is 32.4 Å². The normalized spacial score (nSPS) is 14.5. The van der Waals surface area contributed by atoms with Gasteiger partial charge in [0.25, 0.3) is 0 Å². The summed E-state index contributed by atoms with van der Waals surface area (Å²) in [4.78, 5) is 14.0. The van der Waals surface area contributed by atoms with Gasteiger partial charge >= 0.3 is 5.97 Å². The Kier molecular flexibility index (Phi) is 3.59. The van der Waals surface area contributed by atoms with Crippen molar-refractivity contribution in [2.75, 3.05) is 5.73 Å². The minimum absolute atomic E-state index is 0.228. The van der Waals surface area contributed by atoms with Gasteiger partial charge in [0, 0.05) is 23.6 Å². The molecule has 1 rings (SSSR count). The van der Waals surface area contributed by atoms with Gasteiger partial charge in [0.1, 0.15) is 6.10 Å². The van der Waals surface area contributed by atoms with Gasteiger partial charge < -0.3 is 21.1 Å². The molecule has 0 spiro atoms. The van der Waals surface area contributed by atoms with Crippen LogP contribution in [0.4, 0.5) is 5.69 Å². The lowest BCUT2D eigenvalue weighted by atomic mass is 10.0. The number of aliphatic carboxylic acids is 1. The SMILES string of the molecule is Nc1ccncc1C(O)C(O)CC(=O)O. The third-order valence-electron chi connectivity index (χ3n) is 1.95. The van der Waals surface area contributed by atoms with Crippen LogP contribution in [0.2, 0.25) is 0 Å². The molecule has 0 aliphatic heterocycles. The third-order valence-corrected chi connectivity index (χ3v) is 1.95. The average Bonchev–Trinajstić information content (AvgIpc) is 2.16. The van der Waals surface area contributed by atoms with Crippen LogP contribution < -0.4 is 5.73 Å². The standard InChI is InChI=1S/C9H12N2O4/c10-6-1-2-11-4-5(6)9(15)7(12)3-8(13)14/h1-2,4,7,9,12,15H,3H2,(H2,10,11)(H,13,14). The number of aliphatic hydroxyl groups excluding tert-OH is 2. The maximum atomic E-state index is 10.3. The number of anilines is 1. The van der Waals surface area contributed by atoms with E-state index in [4.69, 9.17) is 10.8 Å². The molecule has 0 saturated carbocycles. The fourth-order valence-electron chi connectivity index (χ4n) is 1.16. The zero-order valence-electron chi connectivity index (χ0n) is 7.87. The van der Waals surface area contributed by atoms with Crippen LogP contribution in [0.1, 0.15) is 18.1 Å². The molecule has 0 amide bonds. The quantitative estimate of drug-likeness (QED) is 0.536. The second-order valence-corrected chi connectivity index (χ2v) is 3.11. The molecule has 0 aliphatic rings. The van der Waals surface area contributed by atoms with E-state index in [2.05, 4.69) is 4.98 Å². The number of aliphatic hydroxyl groups is 2. The first-order chi connectivity index (χ1) is 7.02. The molecular formula is C9H12N2O4. The Morgan fingerprint density at radius 2 is 2.20 bits per heavy atom. The lowest BCUT2D eigenvalue weighted by Gasteiger charge is -2.17. The molecule has 0 saturated heterocycles. The van der Waals surface area contributed by atoms with Crippen LogP contribution in [0, 0.1) is 0 Å². The van der Waals surface area contributed by atoms with E-state index in [9.17, 15) is 15.0 Å². The fourth-order valence-corrected chi connectivity index (χ4v) is 1.16. The highest BCUT2D eigenvalue weighted by atomic mass is 16.4. The van der Waals surface area contributed by atoms with Crippen molar-refractivity contribution < 1.29 is 20.1 Å². The lowest BCUT2D eigenvalue weighted by molar-refractivity contribution is -0.141. The Morgan fingerprint density at radius 1 is 1.53 bits per heavy atom. The predicted octanol–water partition coefficient (Wildman–Crippen LogP) is -0.467. The van der Waals surface area contributed by atoms with Crippen LogP contribution >= 0.6 is 0 Å². The number of carboxylic acids is 1. The van der Waals surface area contributed by atoms with Gasteiger partial charge in [-0.15, -0.1) is 0 Å². The number of pyridine rings is 1. The van der Waals surface area contributed by atoms with Crippen LogP contribution in [-0.2, 0) is 4.79 Å². The van der Waals surface area contributed by atoms with E-state index >= 15 is 0 Å². The van der Waals surface area contributed by atoms with Crippen molar-refractivity contribution in [2.24, 2.45) is 0 Å². The first-order valence-electron chi connectivity index (χ1n) is 4.29. The van der Waals surface area contributed by atoms with Crippen LogP contribution in [0.25, 0.3) is 0 Å². The van der Waals surface area contributed by atoms with E-state index in [1.807, 2.05) is 0 Å². The second-order valence-electron chi connectivity index (χ2n) is 3.11. The summed E-state index contributed by atoms with van der Waals surface area (Å²) in [6, 6.07) is 1.46. The molecule has 15 heavy (non-hydrogen) atoms. The predicted molar refractivity (Wildman–Crippen MR) is 51.9 cm³/mol. The highest BCUT2D eigenvalue weighted by molar-refractivity contribution is 5.67. The Bertz CT molecular complexity index is 356.